The summed E-state index contributed by atoms with van der Waals surface area (Å²) in [6, 6.07) is 108. The molecule has 0 radical (unpaired) electrons. The van der Waals surface area contributed by atoms with E-state index in [0.29, 0.717) is 11.9 Å². The average Bonchev–Trinajstić information content (AvgIpc) is 1.59. The highest BCUT2D eigenvalue weighted by Crippen LogP contribution is 2.46. The van der Waals surface area contributed by atoms with Crippen molar-refractivity contribution in [2.45, 2.75) is 0 Å². The third-order valence-corrected chi connectivity index (χ3v) is 21.6. The van der Waals surface area contributed by atoms with E-state index in [0.717, 1.165) is 67.0 Å². The highest BCUT2D eigenvalue weighted by molar-refractivity contribution is 7.27. The number of rotatable bonds is 7. The van der Waals surface area contributed by atoms with Gasteiger partial charge in [0.15, 0.2) is 0 Å². The smallest absolute Gasteiger partial charge is 0.235 e. The molecule has 8 aromatic heterocycles. The van der Waals surface area contributed by atoms with Crippen molar-refractivity contribution in [3.8, 4) is 56.9 Å². The normalized spacial score (nSPS) is 12.0. The van der Waals surface area contributed by atoms with E-state index in [1.54, 1.807) is 0 Å². The lowest BCUT2D eigenvalue weighted by Gasteiger charge is -2.10. The molecule has 21 rings (SSSR count). The number of para-hydroxylation sites is 6. The predicted molar refractivity (Wildman–Crippen MR) is 404 cm³/mol. The summed E-state index contributed by atoms with van der Waals surface area (Å²) in [5.41, 5.74) is 17.7. The van der Waals surface area contributed by atoms with Crippen molar-refractivity contribution in [3.63, 3.8) is 0 Å². The van der Waals surface area contributed by atoms with Crippen LogP contribution in [0.15, 0.2) is 316 Å². The zero-order valence-electron chi connectivity index (χ0n) is 51.4. The van der Waals surface area contributed by atoms with Crippen LogP contribution in [0.3, 0.4) is 0 Å². The molecule has 0 amide bonds. The van der Waals surface area contributed by atoms with E-state index < -0.39 is 0 Å². The number of hydrogen-bond acceptors (Lipinski definition) is 6. The number of nitrogens with zero attached hydrogens (tertiary/aromatic N) is 8. The lowest BCUT2D eigenvalue weighted by molar-refractivity contribution is 0.992. The molecule has 0 saturated carbocycles. The zero-order valence-corrected chi connectivity index (χ0v) is 53.0. The predicted octanol–water partition coefficient (Wildman–Crippen LogP) is 23.1. The van der Waals surface area contributed by atoms with E-state index in [4.69, 9.17) is 19.9 Å². The number of benzene rings is 13. The molecule has 0 saturated heterocycles. The van der Waals surface area contributed by atoms with Crippen molar-refractivity contribution in [3.05, 3.63) is 316 Å². The molecule has 21 aromatic rings. The lowest BCUT2D eigenvalue weighted by atomic mass is 10.00. The van der Waals surface area contributed by atoms with Crippen LogP contribution in [0.4, 0.5) is 0 Å². The second kappa shape index (κ2) is 21.6. The Morgan fingerprint density at radius 3 is 1.17 bits per heavy atom. The highest BCUT2D eigenvalue weighted by Gasteiger charge is 2.23. The third-order valence-electron chi connectivity index (χ3n) is 19.2. The van der Waals surface area contributed by atoms with Crippen molar-refractivity contribution < 1.29 is 0 Å². The van der Waals surface area contributed by atoms with Crippen LogP contribution in [-0.4, -0.2) is 38.2 Å². The first-order chi connectivity index (χ1) is 47.6. The lowest BCUT2D eigenvalue weighted by Crippen LogP contribution is -2.01. The number of hydrogen-bond donors (Lipinski definition) is 0. The summed E-state index contributed by atoms with van der Waals surface area (Å²) in [4.78, 5) is 20.1. The molecule has 13 aromatic carbocycles. The first-order valence-electron chi connectivity index (χ1n) is 32.3. The molecule has 0 unspecified atom stereocenters. The van der Waals surface area contributed by atoms with Gasteiger partial charge in [-0.1, -0.05) is 194 Å². The first-order valence-corrected chi connectivity index (χ1v) is 33.9. The minimum absolute atomic E-state index is 0.666. The van der Waals surface area contributed by atoms with Crippen LogP contribution in [-0.2, 0) is 0 Å². The molecule has 448 valence electrons. The van der Waals surface area contributed by atoms with E-state index in [1.165, 1.54) is 106 Å². The molecule has 0 aliphatic rings. The Morgan fingerprint density at radius 2 is 0.615 bits per heavy atom. The van der Waals surface area contributed by atoms with Gasteiger partial charge in [-0.2, -0.15) is 0 Å². The van der Waals surface area contributed by atoms with Gasteiger partial charge in [-0.05, 0) is 120 Å². The van der Waals surface area contributed by atoms with Gasteiger partial charge in [-0.25, -0.2) is 19.9 Å². The van der Waals surface area contributed by atoms with Crippen LogP contribution in [0.5, 0.6) is 0 Å². The van der Waals surface area contributed by atoms with E-state index in [9.17, 15) is 0 Å². The summed E-state index contributed by atoms with van der Waals surface area (Å²) in [6.45, 7) is 0. The quantitative estimate of drug-likeness (QED) is 0.159. The summed E-state index contributed by atoms with van der Waals surface area (Å²) in [6.07, 6.45) is 3.76. The molecule has 10 heteroatoms. The van der Waals surface area contributed by atoms with E-state index in [1.807, 2.05) is 47.2 Å². The number of thiophene rings is 2. The monoisotopic (exact) mass is 1260 g/mol. The van der Waals surface area contributed by atoms with Gasteiger partial charge in [0.05, 0.1) is 55.5 Å². The van der Waals surface area contributed by atoms with Gasteiger partial charge < -0.3 is 9.13 Å². The molecule has 0 aliphatic carbocycles. The maximum absolute atomic E-state index is 5.22. The standard InChI is InChI=1S/C46H28N4S.C40H24N4S/c1-2-13-32(14-3-1)49-39-18-7-4-15-33(39)37-28-30(21-23-41(37)49)29-11-10-12-31(27-29)38-25-26-47-46(48-38)50-40-19-8-5-17-36(40)44-42(50)24-22-35-34-16-6-9-20-43(34)51-45(35)44;1-2-10-26(11-3-1)43-33-15-7-4-12-27(33)28-19-18-25(24-36(28)43)32-22-23-41-40(42-32)44-34-16-8-5-14-31(34)38-35(44)21-20-30-29-13-6-9-17-37(29)45-39(30)38/h1-28H;1-24H. The molecular formula is C86H52N8S2. The Kier molecular flexibility index (Phi) is 12.2. The van der Waals surface area contributed by atoms with Crippen LogP contribution >= 0.6 is 22.7 Å². The minimum Gasteiger partial charge on any atom is -0.309 e. The van der Waals surface area contributed by atoms with Gasteiger partial charge in [0, 0.05) is 118 Å². The average molecular weight is 1260 g/mol. The number of fused-ring (bicyclic) bond motifs is 20. The SMILES string of the molecule is c1ccc(-n2c3ccccc3c3cc(-c4cccc(-c5ccnc(-n6c7ccccc7c7c8sc9ccccc9c8ccc76)n5)c4)ccc32)cc1.c1ccc(-n2c3ccccc3c3ccc(-c4ccnc(-n5c6ccccc6c6c7sc8ccccc8c7ccc65)n4)cc32)cc1. The maximum Gasteiger partial charge on any atom is 0.235 e. The Morgan fingerprint density at radius 1 is 0.229 bits per heavy atom. The van der Waals surface area contributed by atoms with Crippen molar-refractivity contribution in [1.82, 2.24) is 38.2 Å². The van der Waals surface area contributed by atoms with Gasteiger partial charge in [0.1, 0.15) is 0 Å². The molecule has 0 aliphatic heterocycles. The molecule has 0 fully saturated rings. The van der Waals surface area contributed by atoms with E-state index in [2.05, 4.69) is 309 Å². The second-order valence-electron chi connectivity index (χ2n) is 24.5. The van der Waals surface area contributed by atoms with Crippen molar-refractivity contribution in [2.75, 3.05) is 0 Å². The summed E-state index contributed by atoms with van der Waals surface area (Å²) < 4.78 is 14.4. The van der Waals surface area contributed by atoms with Crippen LogP contribution in [0.2, 0.25) is 0 Å². The second-order valence-corrected chi connectivity index (χ2v) is 26.6. The van der Waals surface area contributed by atoms with Crippen LogP contribution < -0.4 is 0 Å². The maximum atomic E-state index is 5.22. The molecule has 0 atom stereocenters. The molecule has 8 heterocycles. The van der Waals surface area contributed by atoms with Gasteiger partial charge in [0.25, 0.3) is 0 Å². The molecule has 96 heavy (non-hydrogen) atoms. The minimum atomic E-state index is 0.666. The Labute approximate surface area is 557 Å². The molecule has 0 bridgehead atoms. The van der Waals surface area contributed by atoms with Gasteiger partial charge in [-0.15, -0.1) is 22.7 Å². The van der Waals surface area contributed by atoms with Gasteiger partial charge >= 0.3 is 0 Å². The first kappa shape index (κ1) is 54.2. The highest BCUT2D eigenvalue weighted by atomic mass is 32.1. The Balaban J connectivity index is 0.000000132. The van der Waals surface area contributed by atoms with Crippen molar-refractivity contribution >= 4 is 150 Å². The van der Waals surface area contributed by atoms with E-state index in [-0.39, 0.29) is 0 Å². The largest absolute Gasteiger partial charge is 0.309 e. The van der Waals surface area contributed by atoms with E-state index >= 15 is 0 Å². The fourth-order valence-corrected chi connectivity index (χ4v) is 17.5. The fourth-order valence-electron chi connectivity index (χ4n) is 15.0. The van der Waals surface area contributed by atoms with Crippen LogP contribution in [0, 0.1) is 0 Å². The van der Waals surface area contributed by atoms with Gasteiger partial charge in [0.2, 0.25) is 11.9 Å². The van der Waals surface area contributed by atoms with Crippen molar-refractivity contribution in [1.29, 1.82) is 0 Å². The molecular weight excluding hydrogens is 1210 g/mol. The fraction of sp³-hybridized carbons (Fsp3) is 0. The molecule has 0 N–H and O–H groups in total. The molecule has 8 nitrogen and oxygen atoms in total. The summed E-state index contributed by atoms with van der Waals surface area (Å²) in [7, 11) is 0. The van der Waals surface area contributed by atoms with Gasteiger partial charge in [-0.3, -0.25) is 9.13 Å². The zero-order chi connectivity index (χ0) is 63.0. The van der Waals surface area contributed by atoms with Crippen LogP contribution in [0.1, 0.15) is 0 Å². The summed E-state index contributed by atoms with van der Waals surface area (Å²) in [5.74, 6) is 1.34. The number of aromatic nitrogens is 8. The third kappa shape index (κ3) is 8.39. The summed E-state index contributed by atoms with van der Waals surface area (Å²) in [5, 5.41) is 15.1. The summed E-state index contributed by atoms with van der Waals surface area (Å²) >= 11 is 3.72. The van der Waals surface area contributed by atoms with Crippen molar-refractivity contribution in [2.24, 2.45) is 0 Å². The Hall–Kier alpha value is -12.3. The topological polar surface area (TPSA) is 71.3 Å². The molecule has 0 spiro atoms. The van der Waals surface area contributed by atoms with Crippen LogP contribution in [0.25, 0.3) is 184 Å². The Bertz CT molecular complexity index is 6730.